The molecule has 0 aromatic carbocycles. The molecule has 0 fully saturated rings. The second kappa shape index (κ2) is 3.25. The molecule has 0 aromatic heterocycles. The van der Waals surface area contributed by atoms with Gasteiger partial charge >= 0.3 is 5.97 Å². The Hall–Kier alpha value is -0.830. The van der Waals surface area contributed by atoms with Gasteiger partial charge in [0.15, 0.2) is 6.29 Å². The summed E-state index contributed by atoms with van der Waals surface area (Å²) in [6.45, 7) is 6.20. The zero-order valence-electron chi connectivity index (χ0n) is 6.55. The number of carbonyl (C=O) groups excluding carboxylic acids is 1. The summed E-state index contributed by atoms with van der Waals surface area (Å²) in [5.41, 5.74) is 0.288. The van der Waals surface area contributed by atoms with Crippen LogP contribution >= 0.6 is 0 Å². The van der Waals surface area contributed by atoms with Gasteiger partial charge in [-0.3, -0.25) is 0 Å². The van der Waals surface area contributed by atoms with Crippen LogP contribution < -0.4 is 0 Å². The van der Waals surface area contributed by atoms with E-state index in [1.807, 2.05) is 0 Å². The lowest BCUT2D eigenvalue weighted by Crippen LogP contribution is -2.13. The van der Waals surface area contributed by atoms with Gasteiger partial charge in [0.2, 0.25) is 0 Å². The fraction of sp³-hybridized carbons (Fsp3) is 0.500. The number of hydrogen-bond acceptors (Lipinski definition) is 3. The molecule has 0 aliphatic carbocycles. The minimum absolute atomic E-state index is 0. The minimum atomic E-state index is -1.05. The topological polar surface area (TPSA) is 46.5 Å². The lowest BCUT2D eigenvalue weighted by molar-refractivity contribution is -0.159. The van der Waals surface area contributed by atoms with E-state index in [4.69, 9.17) is 5.11 Å². The Balaban J connectivity index is 0. The summed E-state index contributed by atoms with van der Waals surface area (Å²) in [6.07, 6.45) is -1.05. The summed E-state index contributed by atoms with van der Waals surface area (Å²) in [5, 5.41) is 8.49. The van der Waals surface area contributed by atoms with Crippen LogP contribution in [0.4, 0.5) is 0 Å². The normalized spacial score (nSPS) is 12.3. The summed E-state index contributed by atoms with van der Waals surface area (Å²) in [6, 6.07) is 0. The lowest BCUT2D eigenvalue weighted by Gasteiger charge is -2.04. The molecule has 1 unspecified atom stereocenters. The van der Waals surface area contributed by atoms with E-state index < -0.39 is 12.3 Å². The molecule has 1 atom stereocenters. The molecule has 0 amide bonds. The van der Waals surface area contributed by atoms with Crippen molar-refractivity contribution in [2.75, 3.05) is 0 Å². The number of aliphatic hydroxyl groups is 1. The highest BCUT2D eigenvalue weighted by atomic mass is 16.6. The van der Waals surface area contributed by atoms with Crippen LogP contribution in [-0.2, 0) is 9.53 Å². The zero-order valence-corrected chi connectivity index (χ0v) is 5.55. The van der Waals surface area contributed by atoms with Gasteiger partial charge in [-0.25, -0.2) is 4.79 Å². The molecule has 0 aliphatic heterocycles. The van der Waals surface area contributed by atoms with Gasteiger partial charge in [0.25, 0.3) is 0 Å². The molecule has 0 spiro atoms. The van der Waals surface area contributed by atoms with Crippen LogP contribution in [0.25, 0.3) is 0 Å². The van der Waals surface area contributed by atoms with Gasteiger partial charge in [0.1, 0.15) is 0 Å². The largest absolute Gasteiger partial charge is 0.433 e. The summed E-state index contributed by atoms with van der Waals surface area (Å²) in [4.78, 5) is 10.5. The fourth-order valence-corrected chi connectivity index (χ4v) is 0.255. The predicted molar refractivity (Wildman–Crippen MR) is 33.7 cm³/mol. The molecule has 0 aromatic rings. The summed E-state index contributed by atoms with van der Waals surface area (Å²) in [7, 11) is 0. The van der Waals surface area contributed by atoms with E-state index in [1.165, 1.54) is 13.8 Å². The molecule has 0 bridgehead atoms. The van der Waals surface area contributed by atoms with Gasteiger partial charge in [0.05, 0.1) is 0 Å². The SMILES string of the molecule is C=C(C)C(=O)OC(C)O.[H]. The Labute approximate surface area is 55.4 Å². The van der Waals surface area contributed by atoms with Gasteiger partial charge in [-0.1, -0.05) is 6.58 Å². The van der Waals surface area contributed by atoms with Crippen molar-refractivity contribution < 1.29 is 16.1 Å². The monoisotopic (exact) mass is 131 g/mol. The Morgan fingerprint density at radius 1 is 1.89 bits per heavy atom. The van der Waals surface area contributed by atoms with E-state index >= 15 is 0 Å². The standard InChI is InChI=1S/C6H10O3.H/c1-4(2)6(8)9-5(3)7;/h5,7H,1H2,2-3H3;. The van der Waals surface area contributed by atoms with Crippen molar-refractivity contribution in [1.82, 2.24) is 0 Å². The maximum absolute atomic E-state index is 10.5. The highest BCUT2D eigenvalue weighted by molar-refractivity contribution is 5.86. The average Bonchev–Trinajstić information content (AvgIpc) is 1.63. The van der Waals surface area contributed by atoms with Gasteiger partial charge in [-0.2, -0.15) is 0 Å². The predicted octanol–water partition coefficient (Wildman–Crippen LogP) is 0.556. The molecule has 53 valence electrons. The molecule has 0 saturated carbocycles. The minimum Gasteiger partial charge on any atom is -0.433 e. The van der Waals surface area contributed by atoms with Crippen LogP contribution in [-0.4, -0.2) is 17.4 Å². The molecule has 1 radical (unpaired) electrons. The molecular formula is C6H11O3. The number of carbonyl (C=O) groups is 1. The van der Waals surface area contributed by atoms with Crippen molar-refractivity contribution in [3.8, 4) is 0 Å². The molecule has 9 heavy (non-hydrogen) atoms. The maximum atomic E-state index is 10.5. The van der Waals surface area contributed by atoms with E-state index in [9.17, 15) is 4.79 Å². The van der Waals surface area contributed by atoms with Crippen molar-refractivity contribution in [2.45, 2.75) is 20.1 Å². The van der Waals surface area contributed by atoms with Crippen molar-refractivity contribution in [1.29, 1.82) is 0 Å². The molecular weight excluding hydrogens is 120 g/mol. The van der Waals surface area contributed by atoms with Gasteiger partial charge in [-0.15, -0.1) is 0 Å². The second-order valence-electron chi connectivity index (χ2n) is 1.78. The van der Waals surface area contributed by atoms with Crippen molar-refractivity contribution in [3.63, 3.8) is 0 Å². The fourth-order valence-electron chi connectivity index (χ4n) is 0.255. The summed E-state index contributed by atoms with van der Waals surface area (Å²) in [5.74, 6) is -0.565. The van der Waals surface area contributed by atoms with Gasteiger partial charge in [-0.05, 0) is 13.8 Å². The van der Waals surface area contributed by atoms with Crippen molar-refractivity contribution >= 4 is 5.97 Å². The van der Waals surface area contributed by atoms with E-state index in [1.54, 1.807) is 0 Å². The molecule has 3 nitrogen and oxygen atoms in total. The maximum Gasteiger partial charge on any atom is 0.335 e. The zero-order chi connectivity index (χ0) is 7.44. The number of ether oxygens (including phenoxy) is 1. The lowest BCUT2D eigenvalue weighted by atomic mass is 10.4. The van der Waals surface area contributed by atoms with Crippen LogP contribution in [0.5, 0.6) is 0 Å². The third kappa shape index (κ3) is 3.73. The third-order valence-electron chi connectivity index (χ3n) is 0.626. The van der Waals surface area contributed by atoms with Gasteiger partial charge < -0.3 is 9.84 Å². The van der Waals surface area contributed by atoms with E-state index in [2.05, 4.69) is 11.3 Å². The van der Waals surface area contributed by atoms with Crippen LogP contribution in [0.15, 0.2) is 12.2 Å². The Morgan fingerprint density at radius 3 is 2.44 bits per heavy atom. The smallest absolute Gasteiger partial charge is 0.335 e. The van der Waals surface area contributed by atoms with Crippen LogP contribution in [0, 0.1) is 0 Å². The Kier molecular flexibility index (Phi) is 2.95. The first-order chi connectivity index (χ1) is 4.04. The molecule has 3 heteroatoms. The Bertz CT molecular complexity index is 131. The third-order valence-corrected chi connectivity index (χ3v) is 0.626. The number of rotatable bonds is 2. The molecule has 0 rings (SSSR count). The average molecular weight is 131 g/mol. The molecule has 0 aliphatic rings. The van der Waals surface area contributed by atoms with Crippen molar-refractivity contribution in [2.24, 2.45) is 0 Å². The summed E-state index contributed by atoms with van der Waals surface area (Å²) < 4.78 is 4.33. The Morgan fingerprint density at radius 2 is 2.33 bits per heavy atom. The van der Waals surface area contributed by atoms with E-state index in [0.29, 0.717) is 0 Å². The highest BCUT2D eigenvalue weighted by Gasteiger charge is 2.04. The first-order valence-electron chi connectivity index (χ1n) is 2.58. The first-order valence-corrected chi connectivity index (χ1v) is 2.58. The van der Waals surface area contributed by atoms with E-state index in [0.717, 1.165) is 0 Å². The van der Waals surface area contributed by atoms with Gasteiger partial charge in [0, 0.05) is 7.00 Å². The van der Waals surface area contributed by atoms with Crippen molar-refractivity contribution in [3.05, 3.63) is 12.2 Å². The quantitative estimate of drug-likeness (QED) is 0.338. The molecule has 0 heterocycles. The van der Waals surface area contributed by atoms with Crippen LogP contribution in [0.1, 0.15) is 15.3 Å². The van der Waals surface area contributed by atoms with Crippen LogP contribution in [0.2, 0.25) is 0 Å². The number of hydrogen-bond donors (Lipinski definition) is 1. The first kappa shape index (κ1) is 8.17. The number of aliphatic hydroxyl groups excluding tert-OH is 1. The van der Waals surface area contributed by atoms with Crippen LogP contribution in [0.3, 0.4) is 0 Å². The molecule has 1 N–H and O–H groups in total. The molecule has 0 saturated heterocycles. The second-order valence-corrected chi connectivity index (χ2v) is 1.78. The van der Waals surface area contributed by atoms with E-state index in [-0.39, 0.29) is 7.00 Å². The number of esters is 1. The summed E-state index contributed by atoms with van der Waals surface area (Å²) >= 11 is 0. The highest BCUT2D eigenvalue weighted by Crippen LogP contribution is 1.94.